The van der Waals surface area contributed by atoms with Crippen LogP contribution in [-0.2, 0) is 9.47 Å². The van der Waals surface area contributed by atoms with E-state index >= 15 is 0 Å². The normalized spacial score (nSPS) is 23.4. The number of ether oxygens (including phenoxy) is 2. The van der Waals surface area contributed by atoms with E-state index in [1.807, 2.05) is 44.2 Å². The minimum Gasteiger partial charge on any atom is -0.493 e. The first-order valence-corrected chi connectivity index (χ1v) is 15.5. The van der Waals surface area contributed by atoms with Crippen LogP contribution in [0.15, 0.2) is 119 Å². The van der Waals surface area contributed by atoms with Crippen molar-refractivity contribution in [3.8, 4) is 0 Å². The first-order valence-electron chi connectivity index (χ1n) is 15.0. The van der Waals surface area contributed by atoms with Crippen molar-refractivity contribution in [3.63, 3.8) is 0 Å². The van der Waals surface area contributed by atoms with Gasteiger partial charge in [-0.2, -0.15) is 0 Å². The Bertz CT molecular complexity index is 1180. The minimum absolute atomic E-state index is 0.195. The van der Waals surface area contributed by atoms with Crippen LogP contribution in [0.4, 0.5) is 0 Å². The highest BCUT2D eigenvalue weighted by atomic mass is 32.1. The number of thiol groups is 1. The lowest BCUT2D eigenvalue weighted by Crippen LogP contribution is -2.43. The third-order valence-corrected chi connectivity index (χ3v) is 7.70. The molecule has 4 aliphatic rings. The van der Waals surface area contributed by atoms with Gasteiger partial charge in [0, 0.05) is 41.9 Å². The third kappa shape index (κ3) is 9.12. The molecule has 2 N–H and O–H groups in total. The van der Waals surface area contributed by atoms with Crippen molar-refractivity contribution in [2.75, 3.05) is 20.8 Å². The molecule has 0 spiro atoms. The maximum atomic E-state index is 6.21. The average Bonchev–Trinajstić information content (AvgIpc) is 3.43. The Morgan fingerprint density at radius 1 is 1.20 bits per heavy atom. The average molecular weight is 576 g/mol. The van der Waals surface area contributed by atoms with Gasteiger partial charge in [-0.15, -0.1) is 12.6 Å². The van der Waals surface area contributed by atoms with E-state index in [1.165, 1.54) is 30.4 Å². The SMILES string of the molecule is CC.CC/C=C(OCC1=CC(C2C=CCCC2)N1)\C(=C/C(C)C1=CNC2C1=CC=CN2C)OC.Sc1ccccc1. The second kappa shape index (κ2) is 16.9. The van der Waals surface area contributed by atoms with Crippen molar-refractivity contribution in [1.29, 1.82) is 0 Å². The summed E-state index contributed by atoms with van der Waals surface area (Å²) in [5, 5.41) is 7.07. The van der Waals surface area contributed by atoms with E-state index < -0.39 is 0 Å². The molecule has 5 rings (SSSR count). The molecule has 1 aromatic carbocycles. The van der Waals surface area contributed by atoms with E-state index in [-0.39, 0.29) is 12.1 Å². The van der Waals surface area contributed by atoms with Gasteiger partial charge in [0.05, 0.1) is 13.2 Å². The number of hydrogen-bond donors (Lipinski definition) is 3. The standard InChI is InChI=1S/C27H37N3O2.C6H6S.C2H6/c1-5-10-25(32-18-21-16-24(29-21)20-11-7-6-8-12-20)26(31-4)15-19(2)23-17-28-27-22(23)13-9-14-30(27)3;7-6-4-2-1-3-5-6;1-2/h7,9-11,13-17,19-20,24,27-29H,5-6,8,12,18H2,1-4H3;1-5,7H;1-2H3/b25-10+,26-15+;;. The molecule has 1 aliphatic carbocycles. The van der Waals surface area contributed by atoms with Crippen LogP contribution in [0, 0.1) is 11.8 Å². The number of fused-ring (bicyclic) bond motifs is 1. The molecule has 3 heterocycles. The monoisotopic (exact) mass is 575 g/mol. The fraction of sp³-hybridized carbons (Fsp3) is 0.429. The van der Waals surface area contributed by atoms with Gasteiger partial charge in [-0.1, -0.05) is 64.1 Å². The molecule has 0 bridgehead atoms. The molecule has 41 heavy (non-hydrogen) atoms. The number of hydrogen-bond acceptors (Lipinski definition) is 6. The molecule has 4 atom stereocenters. The summed E-state index contributed by atoms with van der Waals surface area (Å²) in [6.45, 7) is 8.87. The molecule has 0 saturated carbocycles. The molecule has 4 unspecified atom stereocenters. The van der Waals surface area contributed by atoms with E-state index in [4.69, 9.17) is 9.47 Å². The molecule has 1 aromatic rings. The van der Waals surface area contributed by atoms with Crippen LogP contribution in [0.5, 0.6) is 0 Å². The number of methoxy groups -OCH3 is 1. The third-order valence-electron chi connectivity index (χ3n) is 7.40. The quantitative estimate of drug-likeness (QED) is 0.121. The van der Waals surface area contributed by atoms with Gasteiger partial charge in [-0.25, -0.2) is 0 Å². The van der Waals surface area contributed by atoms with Crippen molar-refractivity contribution in [2.24, 2.45) is 11.8 Å². The molecule has 0 saturated heterocycles. The zero-order chi connectivity index (χ0) is 29.6. The van der Waals surface area contributed by atoms with Crippen molar-refractivity contribution in [1.82, 2.24) is 15.5 Å². The van der Waals surface area contributed by atoms with Crippen molar-refractivity contribution in [2.45, 2.75) is 70.5 Å². The Morgan fingerprint density at radius 3 is 2.56 bits per heavy atom. The topological polar surface area (TPSA) is 45.8 Å². The summed E-state index contributed by atoms with van der Waals surface area (Å²) in [7, 11) is 3.81. The van der Waals surface area contributed by atoms with Crippen LogP contribution < -0.4 is 10.6 Å². The van der Waals surface area contributed by atoms with E-state index in [0.717, 1.165) is 28.5 Å². The van der Waals surface area contributed by atoms with Crippen LogP contribution in [0.2, 0.25) is 0 Å². The highest BCUT2D eigenvalue weighted by molar-refractivity contribution is 7.80. The molecule has 0 fully saturated rings. The van der Waals surface area contributed by atoms with Gasteiger partial charge in [-0.05, 0) is 73.3 Å². The van der Waals surface area contributed by atoms with Crippen molar-refractivity contribution in [3.05, 3.63) is 114 Å². The van der Waals surface area contributed by atoms with Crippen LogP contribution >= 0.6 is 12.6 Å². The molecule has 0 radical (unpaired) electrons. The Labute approximate surface area is 253 Å². The smallest absolute Gasteiger partial charge is 0.157 e. The first-order chi connectivity index (χ1) is 20.0. The molecular weight excluding hydrogens is 526 g/mol. The highest BCUT2D eigenvalue weighted by Gasteiger charge is 2.30. The van der Waals surface area contributed by atoms with Gasteiger partial charge in [0.15, 0.2) is 11.5 Å². The van der Waals surface area contributed by atoms with E-state index in [9.17, 15) is 0 Å². The predicted molar refractivity (Wildman–Crippen MR) is 175 cm³/mol. The molecular formula is C35H49N3O2S. The zero-order valence-electron chi connectivity index (χ0n) is 25.6. The number of nitrogens with one attached hydrogen (secondary N) is 2. The Hall–Kier alpha value is -3.25. The lowest BCUT2D eigenvalue weighted by molar-refractivity contribution is 0.182. The number of likely N-dealkylation sites (N-methyl/N-ethyl adjacent to an activating group) is 1. The molecule has 222 valence electrons. The van der Waals surface area contributed by atoms with Crippen LogP contribution in [0.3, 0.4) is 0 Å². The fourth-order valence-corrected chi connectivity index (χ4v) is 5.41. The minimum atomic E-state index is 0.195. The number of nitrogens with zero attached hydrogens (tertiary/aromatic N) is 1. The van der Waals surface area contributed by atoms with Crippen LogP contribution in [0.1, 0.15) is 53.4 Å². The Kier molecular flexibility index (Phi) is 13.3. The first kappa shape index (κ1) is 32.3. The van der Waals surface area contributed by atoms with Crippen LogP contribution in [-0.4, -0.2) is 37.9 Å². The Balaban J connectivity index is 0.000000443. The summed E-state index contributed by atoms with van der Waals surface area (Å²) in [4.78, 5) is 3.20. The maximum absolute atomic E-state index is 6.21. The predicted octanol–water partition coefficient (Wildman–Crippen LogP) is 7.88. The van der Waals surface area contributed by atoms with E-state index in [2.05, 4.69) is 104 Å². The molecule has 3 aliphatic heterocycles. The summed E-state index contributed by atoms with van der Waals surface area (Å²) in [5.74, 6) is 2.41. The summed E-state index contributed by atoms with van der Waals surface area (Å²) < 4.78 is 12.0. The number of benzene rings is 1. The van der Waals surface area contributed by atoms with Gasteiger partial charge in [0.1, 0.15) is 12.8 Å². The number of rotatable bonds is 9. The van der Waals surface area contributed by atoms with E-state index in [1.54, 1.807) is 7.11 Å². The molecule has 6 heteroatoms. The highest BCUT2D eigenvalue weighted by Crippen LogP contribution is 2.33. The van der Waals surface area contributed by atoms with E-state index in [0.29, 0.717) is 18.6 Å². The largest absolute Gasteiger partial charge is 0.493 e. The summed E-state index contributed by atoms with van der Waals surface area (Å²) in [6, 6.07) is 10.2. The van der Waals surface area contributed by atoms with Gasteiger partial charge in [0.2, 0.25) is 0 Å². The van der Waals surface area contributed by atoms with Crippen molar-refractivity contribution < 1.29 is 9.47 Å². The van der Waals surface area contributed by atoms with Gasteiger partial charge < -0.3 is 25.0 Å². The lowest BCUT2D eigenvalue weighted by Gasteiger charge is -2.34. The fourth-order valence-electron chi connectivity index (χ4n) is 5.24. The van der Waals surface area contributed by atoms with Gasteiger partial charge >= 0.3 is 0 Å². The van der Waals surface area contributed by atoms with Gasteiger partial charge in [-0.3, -0.25) is 0 Å². The molecule has 5 nitrogen and oxygen atoms in total. The maximum Gasteiger partial charge on any atom is 0.157 e. The summed E-state index contributed by atoms with van der Waals surface area (Å²) >= 11 is 4.08. The Morgan fingerprint density at radius 2 is 1.95 bits per heavy atom. The van der Waals surface area contributed by atoms with Crippen molar-refractivity contribution >= 4 is 12.6 Å². The summed E-state index contributed by atoms with van der Waals surface area (Å²) in [5.41, 5.74) is 3.75. The zero-order valence-corrected chi connectivity index (χ0v) is 26.5. The van der Waals surface area contributed by atoms with Gasteiger partial charge in [0.25, 0.3) is 0 Å². The number of allylic oxidation sites excluding steroid dienone is 5. The second-order valence-electron chi connectivity index (χ2n) is 10.3. The van der Waals surface area contributed by atoms with Crippen LogP contribution in [0.25, 0.3) is 0 Å². The molecule has 0 amide bonds. The molecule has 0 aromatic heterocycles. The summed E-state index contributed by atoms with van der Waals surface area (Å²) in [6.07, 6.45) is 24.6. The lowest BCUT2D eigenvalue weighted by atomic mass is 9.86. The second-order valence-corrected chi connectivity index (χ2v) is 10.8.